The van der Waals surface area contributed by atoms with E-state index in [9.17, 15) is 4.79 Å². The molecule has 0 unspecified atom stereocenters. The van der Waals surface area contributed by atoms with E-state index >= 15 is 0 Å². The van der Waals surface area contributed by atoms with Gasteiger partial charge in [-0.15, -0.1) is 11.3 Å². The van der Waals surface area contributed by atoms with Crippen LogP contribution in [0.3, 0.4) is 0 Å². The van der Waals surface area contributed by atoms with Crippen molar-refractivity contribution in [3.63, 3.8) is 0 Å². The number of furan rings is 1. The van der Waals surface area contributed by atoms with Gasteiger partial charge in [-0.1, -0.05) is 0 Å². The molecular weight excluding hydrogens is 364 g/mol. The predicted molar refractivity (Wildman–Crippen MR) is 103 cm³/mol. The molecule has 0 saturated carbocycles. The van der Waals surface area contributed by atoms with Crippen LogP contribution in [0.4, 0.5) is 5.82 Å². The molecule has 3 aromatic heterocycles. The number of thiazole rings is 1. The molecule has 1 aliphatic heterocycles. The second kappa shape index (κ2) is 7.89. The highest BCUT2D eigenvalue weighted by Gasteiger charge is 2.18. The summed E-state index contributed by atoms with van der Waals surface area (Å²) in [5.74, 6) is 1.40. The lowest BCUT2D eigenvalue weighted by Gasteiger charge is -2.27. The van der Waals surface area contributed by atoms with Crippen LogP contribution in [-0.2, 0) is 4.74 Å². The summed E-state index contributed by atoms with van der Waals surface area (Å²) in [5, 5.41) is 5.47. The van der Waals surface area contributed by atoms with E-state index in [1.54, 1.807) is 23.9 Å². The average Bonchev–Trinajstić information content (AvgIpc) is 3.41. The second-order valence-corrected chi connectivity index (χ2v) is 7.11. The quantitative estimate of drug-likeness (QED) is 0.728. The number of hydrogen-bond acceptors (Lipinski definition) is 7. The SMILES string of the molecule is C[C@H](NC(=O)c1csc(-c2ccnc(N3CCOCC3)c2)n1)c1ccco1. The van der Waals surface area contributed by atoms with E-state index in [1.165, 1.54) is 11.3 Å². The Morgan fingerprint density at radius 3 is 2.96 bits per heavy atom. The molecule has 1 atom stereocenters. The molecule has 1 N–H and O–H groups in total. The zero-order valence-corrected chi connectivity index (χ0v) is 15.7. The van der Waals surface area contributed by atoms with Gasteiger partial charge in [-0.3, -0.25) is 4.79 Å². The van der Waals surface area contributed by atoms with E-state index < -0.39 is 0 Å². The van der Waals surface area contributed by atoms with Crippen molar-refractivity contribution in [2.24, 2.45) is 0 Å². The van der Waals surface area contributed by atoms with Crippen molar-refractivity contribution in [3.05, 3.63) is 53.6 Å². The van der Waals surface area contributed by atoms with Gasteiger partial charge < -0.3 is 19.4 Å². The first kappa shape index (κ1) is 17.7. The highest BCUT2D eigenvalue weighted by Crippen LogP contribution is 2.27. The number of carbonyl (C=O) groups is 1. The van der Waals surface area contributed by atoms with Gasteiger partial charge in [0.25, 0.3) is 5.91 Å². The Morgan fingerprint density at radius 1 is 1.33 bits per heavy atom. The topological polar surface area (TPSA) is 80.5 Å². The van der Waals surface area contributed by atoms with Gasteiger partial charge in [-0.2, -0.15) is 0 Å². The van der Waals surface area contributed by atoms with Crippen LogP contribution in [0.2, 0.25) is 0 Å². The van der Waals surface area contributed by atoms with Gasteiger partial charge in [0.2, 0.25) is 0 Å². The Bertz CT molecular complexity index is 903. The molecule has 3 aromatic rings. The van der Waals surface area contributed by atoms with Crippen LogP contribution in [0.1, 0.15) is 29.2 Å². The maximum absolute atomic E-state index is 12.5. The number of hydrogen-bond donors (Lipinski definition) is 1. The van der Waals surface area contributed by atoms with Crippen molar-refractivity contribution in [1.29, 1.82) is 0 Å². The maximum Gasteiger partial charge on any atom is 0.271 e. The fourth-order valence-electron chi connectivity index (χ4n) is 2.91. The minimum atomic E-state index is -0.219. The molecule has 0 spiro atoms. The molecular formula is C19H20N4O3S. The van der Waals surface area contributed by atoms with Gasteiger partial charge in [0, 0.05) is 30.2 Å². The van der Waals surface area contributed by atoms with E-state index in [-0.39, 0.29) is 11.9 Å². The molecule has 1 amide bonds. The molecule has 4 heterocycles. The van der Waals surface area contributed by atoms with Crippen LogP contribution in [0.25, 0.3) is 10.6 Å². The van der Waals surface area contributed by atoms with Gasteiger partial charge in [0.1, 0.15) is 22.3 Å². The van der Waals surface area contributed by atoms with Crippen LogP contribution >= 0.6 is 11.3 Å². The van der Waals surface area contributed by atoms with Crippen molar-refractivity contribution in [1.82, 2.24) is 15.3 Å². The number of anilines is 1. The van der Waals surface area contributed by atoms with Gasteiger partial charge in [0.05, 0.1) is 25.5 Å². The van der Waals surface area contributed by atoms with E-state index in [0.29, 0.717) is 24.7 Å². The first-order valence-electron chi connectivity index (χ1n) is 8.79. The summed E-state index contributed by atoms with van der Waals surface area (Å²) in [4.78, 5) is 23.6. The van der Waals surface area contributed by atoms with Crippen molar-refractivity contribution in [2.45, 2.75) is 13.0 Å². The second-order valence-electron chi connectivity index (χ2n) is 6.25. The van der Waals surface area contributed by atoms with Crippen LogP contribution in [-0.4, -0.2) is 42.2 Å². The standard InChI is InChI=1S/C19H20N4O3S/c1-13(16-3-2-8-26-16)21-18(24)15-12-27-19(22-15)14-4-5-20-17(11-14)23-6-9-25-10-7-23/h2-5,8,11-13H,6-7,9-10H2,1H3,(H,21,24)/t13-/m0/s1. The molecule has 1 saturated heterocycles. The Balaban J connectivity index is 1.48. The number of aromatic nitrogens is 2. The fraction of sp³-hybridized carbons (Fsp3) is 0.316. The Kier molecular flexibility index (Phi) is 5.17. The van der Waals surface area contributed by atoms with Crippen molar-refractivity contribution >= 4 is 23.1 Å². The number of amides is 1. The van der Waals surface area contributed by atoms with E-state index in [1.807, 2.05) is 25.1 Å². The number of carbonyl (C=O) groups excluding carboxylic acids is 1. The molecule has 27 heavy (non-hydrogen) atoms. The zero-order valence-electron chi connectivity index (χ0n) is 14.9. The highest BCUT2D eigenvalue weighted by atomic mass is 32.1. The molecule has 7 nitrogen and oxygen atoms in total. The van der Waals surface area contributed by atoms with Crippen LogP contribution < -0.4 is 10.2 Å². The number of nitrogens with zero attached hydrogens (tertiary/aromatic N) is 3. The van der Waals surface area contributed by atoms with Crippen LogP contribution in [0.5, 0.6) is 0 Å². The summed E-state index contributed by atoms with van der Waals surface area (Å²) in [6, 6.07) is 7.34. The third-order valence-corrected chi connectivity index (χ3v) is 5.27. The third-order valence-electron chi connectivity index (χ3n) is 4.38. The van der Waals surface area contributed by atoms with E-state index in [0.717, 1.165) is 29.5 Å². The Hall–Kier alpha value is -2.71. The molecule has 0 aromatic carbocycles. The first-order chi connectivity index (χ1) is 13.2. The number of ether oxygens (including phenoxy) is 1. The molecule has 1 fully saturated rings. The summed E-state index contributed by atoms with van der Waals surface area (Å²) >= 11 is 1.44. The van der Waals surface area contributed by atoms with Gasteiger partial charge in [0.15, 0.2) is 0 Å². The van der Waals surface area contributed by atoms with E-state index in [2.05, 4.69) is 20.2 Å². The Morgan fingerprint density at radius 2 is 2.19 bits per heavy atom. The summed E-state index contributed by atoms with van der Waals surface area (Å²) < 4.78 is 10.7. The van der Waals surface area contributed by atoms with E-state index in [4.69, 9.17) is 9.15 Å². The summed E-state index contributed by atoms with van der Waals surface area (Å²) in [6.07, 6.45) is 3.37. The minimum Gasteiger partial charge on any atom is -0.467 e. The summed E-state index contributed by atoms with van der Waals surface area (Å²) in [5.41, 5.74) is 1.35. The molecule has 8 heteroatoms. The first-order valence-corrected chi connectivity index (χ1v) is 9.67. The molecule has 140 valence electrons. The lowest BCUT2D eigenvalue weighted by atomic mass is 10.2. The number of nitrogens with one attached hydrogen (secondary N) is 1. The molecule has 0 bridgehead atoms. The molecule has 4 rings (SSSR count). The largest absolute Gasteiger partial charge is 0.467 e. The molecule has 0 radical (unpaired) electrons. The third kappa shape index (κ3) is 4.01. The minimum absolute atomic E-state index is 0.216. The van der Waals surface area contributed by atoms with Crippen molar-refractivity contribution in [3.8, 4) is 10.6 Å². The number of pyridine rings is 1. The van der Waals surface area contributed by atoms with Crippen LogP contribution in [0.15, 0.2) is 46.5 Å². The fourth-order valence-corrected chi connectivity index (χ4v) is 3.70. The van der Waals surface area contributed by atoms with Gasteiger partial charge in [-0.05, 0) is 31.2 Å². The van der Waals surface area contributed by atoms with Gasteiger partial charge >= 0.3 is 0 Å². The zero-order chi connectivity index (χ0) is 18.6. The summed E-state index contributed by atoms with van der Waals surface area (Å²) in [7, 11) is 0. The highest BCUT2D eigenvalue weighted by molar-refractivity contribution is 7.13. The van der Waals surface area contributed by atoms with Crippen molar-refractivity contribution in [2.75, 3.05) is 31.2 Å². The smallest absolute Gasteiger partial charge is 0.271 e. The monoisotopic (exact) mass is 384 g/mol. The lowest BCUT2D eigenvalue weighted by Crippen LogP contribution is -2.36. The molecule has 0 aliphatic carbocycles. The summed E-state index contributed by atoms with van der Waals surface area (Å²) in [6.45, 7) is 4.95. The lowest BCUT2D eigenvalue weighted by molar-refractivity contribution is 0.0931. The number of rotatable bonds is 5. The predicted octanol–water partition coefficient (Wildman–Crippen LogP) is 3.13. The molecule has 1 aliphatic rings. The normalized spacial score (nSPS) is 15.5. The Labute approximate surface area is 161 Å². The average molecular weight is 384 g/mol. The maximum atomic E-state index is 12.5. The van der Waals surface area contributed by atoms with Crippen LogP contribution in [0, 0.1) is 0 Å². The van der Waals surface area contributed by atoms with Gasteiger partial charge in [-0.25, -0.2) is 9.97 Å². The number of morpholine rings is 1. The van der Waals surface area contributed by atoms with Crippen molar-refractivity contribution < 1.29 is 13.9 Å².